The fraction of sp³-hybridized carbons (Fsp3) is 0.364. The van der Waals surface area contributed by atoms with Crippen molar-refractivity contribution >= 4 is 16.8 Å². The number of anilines is 1. The number of hydrogen-bond donors (Lipinski definition) is 1. The Kier molecular flexibility index (Phi) is 2.15. The number of nitrogens with two attached hydrogens (primary N) is 1. The van der Waals surface area contributed by atoms with Gasteiger partial charge in [-0.05, 0) is 24.5 Å². The highest BCUT2D eigenvalue weighted by atomic mass is 16.3. The molecule has 0 amide bonds. The van der Waals surface area contributed by atoms with Crippen LogP contribution in [-0.2, 0) is 6.42 Å². The van der Waals surface area contributed by atoms with Crippen LogP contribution in [0, 0.1) is 6.92 Å². The van der Waals surface area contributed by atoms with E-state index in [9.17, 15) is 0 Å². The number of fused-ring (bicyclic) bond motifs is 1. The summed E-state index contributed by atoms with van der Waals surface area (Å²) in [7, 11) is 0. The molecule has 14 heavy (non-hydrogen) atoms. The Morgan fingerprint density at radius 2 is 2.29 bits per heavy atom. The predicted octanol–water partition coefficient (Wildman–Crippen LogP) is 2.67. The average Bonchev–Trinajstić information content (AvgIpc) is 2.63. The standard InChI is InChI=1S/C11H14N2O/c1-3-4-8-5-7(2)10-11(9(8)12)14-6-13-10/h5-6H,3-4,12H2,1-2H3. The molecule has 0 radical (unpaired) electrons. The van der Waals surface area contributed by atoms with Gasteiger partial charge in [0.15, 0.2) is 12.0 Å². The minimum absolute atomic E-state index is 0.730. The van der Waals surface area contributed by atoms with Crippen LogP contribution in [0.15, 0.2) is 16.9 Å². The largest absolute Gasteiger partial charge is 0.441 e. The first kappa shape index (κ1) is 9.06. The molecule has 0 atom stereocenters. The highest BCUT2D eigenvalue weighted by Gasteiger charge is 2.10. The molecule has 0 unspecified atom stereocenters. The van der Waals surface area contributed by atoms with Gasteiger partial charge in [-0.2, -0.15) is 0 Å². The molecule has 0 saturated carbocycles. The number of nitrogens with zero attached hydrogens (tertiary/aromatic N) is 1. The van der Waals surface area contributed by atoms with Gasteiger partial charge in [0, 0.05) is 0 Å². The lowest BCUT2D eigenvalue weighted by Crippen LogP contribution is -1.96. The van der Waals surface area contributed by atoms with Crippen LogP contribution in [-0.4, -0.2) is 4.98 Å². The molecule has 3 nitrogen and oxygen atoms in total. The van der Waals surface area contributed by atoms with Crippen LogP contribution in [0.25, 0.3) is 11.1 Å². The van der Waals surface area contributed by atoms with Crippen LogP contribution in [0.4, 0.5) is 5.69 Å². The van der Waals surface area contributed by atoms with Gasteiger partial charge in [0.05, 0.1) is 5.69 Å². The minimum Gasteiger partial charge on any atom is -0.441 e. The molecule has 1 heterocycles. The zero-order chi connectivity index (χ0) is 10.1. The summed E-state index contributed by atoms with van der Waals surface area (Å²) in [5, 5.41) is 0. The summed E-state index contributed by atoms with van der Waals surface area (Å²) in [5.41, 5.74) is 10.6. The number of aromatic nitrogens is 1. The van der Waals surface area contributed by atoms with Gasteiger partial charge in [-0.1, -0.05) is 19.4 Å². The molecule has 0 aliphatic carbocycles. The number of hydrogen-bond acceptors (Lipinski definition) is 3. The van der Waals surface area contributed by atoms with E-state index in [0.29, 0.717) is 0 Å². The molecule has 0 fully saturated rings. The topological polar surface area (TPSA) is 52.0 Å². The Bertz CT molecular complexity index is 460. The molecule has 0 bridgehead atoms. The monoisotopic (exact) mass is 190 g/mol. The summed E-state index contributed by atoms with van der Waals surface area (Å²) >= 11 is 0. The fourth-order valence-corrected chi connectivity index (χ4v) is 1.75. The smallest absolute Gasteiger partial charge is 0.182 e. The Labute approximate surface area is 82.9 Å². The zero-order valence-corrected chi connectivity index (χ0v) is 8.50. The predicted molar refractivity (Wildman–Crippen MR) is 57.2 cm³/mol. The molecule has 2 N–H and O–H groups in total. The second-order valence-electron chi connectivity index (χ2n) is 3.55. The first-order valence-electron chi connectivity index (χ1n) is 4.85. The molecule has 0 aliphatic rings. The highest BCUT2D eigenvalue weighted by molar-refractivity contribution is 5.89. The Morgan fingerprint density at radius 3 is 3.00 bits per heavy atom. The first-order chi connectivity index (χ1) is 6.74. The van der Waals surface area contributed by atoms with E-state index in [1.54, 1.807) is 0 Å². The van der Waals surface area contributed by atoms with Gasteiger partial charge in [-0.25, -0.2) is 4.98 Å². The molecule has 1 aromatic heterocycles. The van der Waals surface area contributed by atoms with Crippen LogP contribution >= 0.6 is 0 Å². The van der Waals surface area contributed by atoms with Crippen molar-refractivity contribution in [2.24, 2.45) is 0 Å². The molecular formula is C11H14N2O. The van der Waals surface area contributed by atoms with E-state index in [4.69, 9.17) is 10.2 Å². The van der Waals surface area contributed by atoms with Gasteiger partial charge in [0.2, 0.25) is 0 Å². The van der Waals surface area contributed by atoms with Gasteiger partial charge >= 0.3 is 0 Å². The summed E-state index contributed by atoms with van der Waals surface area (Å²) in [6, 6.07) is 2.10. The van der Waals surface area contributed by atoms with E-state index in [-0.39, 0.29) is 0 Å². The van der Waals surface area contributed by atoms with Gasteiger partial charge in [-0.3, -0.25) is 0 Å². The molecule has 2 aromatic rings. The Balaban J connectivity index is 2.68. The van der Waals surface area contributed by atoms with Crippen molar-refractivity contribution in [1.29, 1.82) is 0 Å². The van der Waals surface area contributed by atoms with Crippen LogP contribution in [0.3, 0.4) is 0 Å². The molecule has 0 saturated heterocycles. The van der Waals surface area contributed by atoms with Crippen molar-refractivity contribution < 1.29 is 4.42 Å². The zero-order valence-electron chi connectivity index (χ0n) is 8.50. The van der Waals surface area contributed by atoms with E-state index in [1.165, 1.54) is 6.39 Å². The second-order valence-corrected chi connectivity index (χ2v) is 3.55. The second kappa shape index (κ2) is 3.33. The molecule has 1 aromatic carbocycles. The Hall–Kier alpha value is -1.51. The van der Waals surface area contributed by atoms with E-state index in [0.717, 1.165) is 40.8 Å². The third-order valence-electron chi connectivity index (χ3n) is 2.44. The van der Waals surface area contributed by atoms with Crippen LogP contribution in [0.1, 0.15) is 24.5 Å². The van der Waals surface area contributed by atoms with Gasteiger partial charge in [0.25, 0.3) is 0 Å². The van der Waals surface area contributed by atoms with E-state index in [2.05, 4.69) is 18.0 Å². The maximum absolute atomic E-state index is 5.98. The van der Waals surface area contributed by atoms with Crippen molar-refractivity contribution in [3.05, 3.63) is 23.6 Å². The number of aryl methyl sites for hydroxylation is 2. The lowest BCUT2D eigenvalue weighted by Gasteiger charge is -2.05. The van der Waals surface area contributed by atoms with Crippen molar-refractivity contribution in [1.82, 2.24) is 4.98 Å². The summed E-state index contributed by atoms with van der Waals surface area (Å²) < 4.78 is 5.28. The van der Waals surface area contributed by atoms with Crippen molar-refractivity contribution in [2.45, 2.75) is 26.7 Å². The molecule has 0 aliphatic heterocycles. The van der Waals surface area contributed by atoms with Crippen LogP contribution < -0.4 is 5.73 Å². The summed E-state index contributed by atoms with van der Waals surface area (Å²) in [6.45, 7) is 4.17. The van der Waals surface area contributed by atoms with Gasteiger partial charge < -0.3 is 10.2 Å². The number of nitrogen functional groups attached to an aromatic ring is 1. The van der Waals surface area contributed by atoms with Gasteiger partial charge in [-0.15, -0.1) is 0 Å². The summed E-state index contributed by atoms with van der Waals surface area (Å²) in [5.74, 6) is 0. The van der Waals surface area contributed by atoms with Gasteiger partial charge in [0.1, 0.15) is 5.52 Å². The van der Waals surface area contributed by atoms with E-state index < -0.39 is 0 Å². The number of benzene rings is 1. The summed E-state index contributed by atoms with van der Waals surface area (Å²) in [6.07, 6.45) is 3.52. The first-order valence-corrected chi connectivity index (χ1v) is 4.85. The lowest BCUT2D eigenvalue weighted by molar-refractivity contribution is 0.603. The molecule has 2 rings (SSSR count). The molecule has 0 spiro atoms. The maximum atomic E-state index is 5.98. The van der Waals surface area contributed by atoms with Crippen molar-refractivity contribution in [2.75, 3.05) is 5.73 Å². The minimum atomic E-state index is 0.730. The third kappa shape index (κ3) is 1.25. The van der Waals surface area contributed by atoms with Crippen LogP contribution in [0.5, 0.6) is 0 Å². The average molecular weight is 190 g/mol. The lowest BCUT2D eigenvalue weighted by atomic mass is 10.0. The molecule has 74 valence electrons. The molecular weight excluding hydrogens is 176 g/mol. The fourth-order valence-electron chi connectivity index (χ4n) is 1.75. The highest BCUT2D eigenvalue weighted by Crippen LogP contribution is 2.27. The van der Waals surface area contributed by atoms with E-state index >= 15 is 0 Å². The quantitative estimate of drug-likeness (QED) is 0.741. The third-order valence-corrected chi connectivity index (χ3v) is 2.44. The summed E-state index contributed by atoms with van der Waals surface area (Å²) in [4.78, 5) is 4.13. The van der Waals surface area contributed by atoms with E-state index in [1.807, 2.05) is 6.92 Å². The number of rotatable bonds is 2. The Morgan fingerprint density at radius 1 is 1.50 bits per heavy atom. The maximum Gasteiger partial charge on any atom is 0.182 e. The normalized spacial score (nSPS) is 11.0. The number of oxazole rings is 1. The SMILES string of the molecule is CCCc1cc(C)c2ncoc2c1N. The van der Waals surface area contributed by atoms with Crippen LogP contribution in [0.2, 0.25) is 0 Å². The van der Waals surface area contributed by atoms with Crippen molar-refractivity contribution in [3.8, 4) is 0 Å². The van der Waals surface area contributed by atoms with Crippen molar-refractivity contribution in [3.63, 3.8) is 0 Å². The molecule has 3 heteroatoms.